The zero-order chi connectivity index (χ0) is 14.0. The van der Waals surface area contributed by atoms with Crippen molar-refractivity contribution in [3.05, 3.63) is 35.9 Å². The fourth-order valence-electron chi connectivity index (χ4n) is 2.33. The quantitative estimate of drug-likeness (QED) is 0.908. The lowest BCUT2D eigenvalue weighted by Crippen LogP contribution is -2.67. The van der Waals surface area contributed by atoms with E-state index >= 15 is 0 Å². The molecule has 1 aliphatic heterocycles. The van der Waals surface area contributed by atoms with Gasteiger partial charge in [-0.05, 0) is 19.4 Å². The Labute approximate surface area is 111 Å². The highest BCUT2D eigenvalue weighted by atomic mass is 16.6. The predicted molar refractivity (Wildman–Crippen MR) is 68.6 cm³/mol. The Morgan fingerprint density at radius 2 is 2.00 bits per heavy atom. The minimum atomic E-state index is -0.990. The summed E-state index contributed by atoms with van der Waals surface area (Å²) >= 11 is 0. The zero-order valence-corrected chi connectivity index (χ0v) is 11.0. The third-order valence-electron chi connectivity index (χ3n) is 3.34. The molecule has 1 aromatic carbocycles. The topological polar surface area (TPSA) is 66.8 Å². The molecule has 102 valence electrons. The van der Waals surface area contributed by atoms with Crippen LogP contribution in [0, 0.1) is 0 Å². The van der Waals surface area contributed by atoms with Crippen molar-refractivity contribution in [2.45, 2.75) is 38.5 Å². The minimum Gasteiger partial charge on any atom is -0.480 e. The van der Waals surface area contributed by atoms with Crippen molar-refractivity contribution in [1.29, 1.82) is 0 Å². The van der Waals surface area contributed by atoms with Gasteiger partial charge in [0.05, 0.1) is 0 Å². The van der Waals surface area contributed by atoms with Crippen LogP contribution < -0.4 is 0 Å². The number of benzene rings is 1. The first kappa shape index (κ1) is 13.4. The molecule has 0 saturated carbocycles. The first-order valence-corrected chi connectivity index (χ1v) is 6.14. The molecule has 1 N–H and O–H groups in total. The maximum atomic E-state index is 12.0. The average molecular weight is 263 g/mol. The lowest BCUT2D eigenvalue weighted by molar-refractivity contribution is -0.155. The van der Waals surface area contributed by atoms with Gasteiger partial charge in [0.1, 0.15) is 12.6 Å². The molecule has 5 heteroatoms. The fourth-order valence-corrected chi connectivity index (χ4v) is 2.33. The van der Waals surface area contributed by atoms with Gasteiger partial charge in [0, 0.05) is 12.0 Å². The Morgan fingerprint density at radius 3 is 2.53 bits per heavy atom. The van der Waals surface area contributed by atoms with Gasteiger partial charge in [-0.3, -0.25) is 4.90 Å². The summed E-state index contributed by atoms with van der Waals surface area (Å²) in [5.41, 5.74) is 0.414. The summed E-state index contributed by atoms with van der Waals surface area (Å²) in [4.78, 5) is 24.3. The van der Waals surface area contributed by atoms with Crippen LogP contribution in [0.2, 0.25) is 0 Å². The summed E-state index contributed by atoms with van der Waals surface area (Å²) in [6.45, 7) is 3.81. The van der Waals surface area contributed by atoms with Crippen molar-refractivity contribution in [2.24, 2.45) is 0 Å². The lowest BCUT2D eigenvalue weighted by atomic mass is 9.82. The number of carbonyl (C=O) groups is 2. The van der Waals surface area contributed by atoms with Crippen molar-refractivity contribution in [1.82, 2.24) is 4.90 Å². The standard InChI is InChI=1S/C14H17NO4/c1-14(2)8-11(12(16)17)15(14)13(18)19-9-10-6-4-3-5-7-10/h3-7,11H,8-9H2,1-2H3,(H,16,17). The highest BCUT2D eigenvalue weighted by Gasteiger charge is 2.52. The number of amides is 1. The van der Waals surface area contributed by atoms with E-state index in [1.807, 2.05) is 44.2 Å². The number of carboxylic acid groups (broad SMARTS) is 1. The van der Waals surface area contributed by atoms with Crippen LogP contribution >= 0.6 is 0 Å². The molecule has 1 unspecified atom stereocenters. The van der Waals surface area contributed by atoms with E-state index in [9.17, 15) is 9.59 Å². The van der Waals surface area contributed by atoms with E-state index in [1.165, 1.54) is 4.90 Å². The van der Waals surface area contributed by atoms with E-state index in [-0.39, 0.29) is 6.61 Å². The molecular weight excluding hydrogens is 246 g/mol. The number of hydrogen-bond acceptors (Lipinski definition) is 3. The molecule has 0 aliphatic carbocycles. The number of hydrogen-bond donors (Lipinski definition) is 1. The van der Waals surface area contributed by atoms with Crippen molar-refractivity contribution in [2.75, 3.05) is 0 Å². The largest absolute Gasteiger partial charge is 0.480 e. The molecule has 1 fully saturated rings. The Bertz CT molecular complexity index is 483. The number of aliphatic carboxylic acids is 1. The third-order valence-corrected chi connectivity index (χ3v) is 3.34. The first-order chi connectivity index (χ1) is 8.92. The van der Waals surface area contributed by atoms with Crippen LogP contribution in [0.25, 0.3) is 0 Å². The highest BCUT2D eigenvalue weighted by molar-refractivity contribution is 5.83. The summed E-state index contributed by atoms with van der Waals surface area (Å²) in [6.07, 6.45) is -0.129. The van der Waals surface area contributed by atoms with Crippen LogP contribution in [-0.2, 0) is 16.1 Å². The second kappa shape index (κ2) is 4.91. The summed E-state index contributed by atoms with van der Waals surface area (Å²) in [5.74, 6) is -0.990. The van der Waals surface area contributed by atoms with Crippen molar-refractivity contribution >= 4 is 12.1 Å². The van der Waals surface area contributed by atoms with E-state index in [1.54, 1.807) is 0 Å². The van der Waals surface area contributed by atoms with E-state index < -0.39 is 23.6 Å². The monoisotopic (exact) mass is 263 g/mol. The highest BCUT2D eigenvalue weighted by Crippen LogP contribution is 2.36. The maximum Gasteiger partial charge on any atom is 0.411 e. The Morgan fingerprint density at radius 1 is 1.37 bits per heavy atom. The second-order valence-electron chi connectivity index (χ2n) is 5.28. The van der Waals surface area contributed by atoms with Gasteiger partial charge in [-0.2, -0.15) is 0 Å². The van der Waals surface area contributed by atoms with Gasteiger partial charge in [-0.15, -0.1) is 0 Å². The molecule has 0 spiro atoms. The van der Waals surface area contributed by atoms with Crippen LogP contribution in [0.1, 0.15) is 25.8 Å². The van der Waals surface area contributed by atoms with E-state index in [2.05, 4.69) is 0 Å². The van der Waals surface area contributed by atoms with Gasteiger partial charge >= 0.3 is 12.1 Å². The van der Waals surface area contributed by atoms with Gasteiger partial charge < -0.3 is 9.84 Å². The maximum absolute atomic E-state index is 12.0. The molecule has 1 heterocycles. The number of carbonyl (C=O) groups excluding carboxylic acids is 1. The number of likely N-dealkylation sites (tertiary alicyclic amines) is 1. The third kappa shape index (κ3) is 2.70. The first-order valence-electron chi connectivity index (χ1n) is 6.14. The summed E-state index contributed by atoms with van der Waals surface area (Å²) < 4.78 is 5.17. The molecule has 1 aromatic rings. The molecule has 1 saturated heterocycles. The SMILES string of the molecule is CC1(C)CC(C(=O)O)N1C(=O)OCc1ccccc1. The van der Waals surface area contributed by atoms with Crippen molar-refractivity contribution < 1.29 is 19.4 Å². The molecule has 0 bridgehead atoms. The Kier molecular flexibility index (Phi) is 3.46. The molecule has 5 nitrogen and oxygen atoms in total. The number of rotatable bonds is 3. The fraction of sp³-hybridized carbons (Fsp3) is 0.429. The smallest absolute Gasteiger partial charge is 0.411 e. The molecule has 19 heavy (non-hydrogen) atoms. The predicted octanol–water partition coefficient (Wildman–Crippen LogP) is 2.26. The molecule has 1 amide bonds. The second-order valence-corrected chi connectivity index (χ2v) is 5.28. The van der Waals surface area contributed by atoms with Crippen molar-refractivity contribution in [3.8, 4) is 0 Å². The van der Waals surface area contributed by atoms with Gasteiger partial charge in [0.2, 0.25) is 0 Å². The molecule has 1 atom stereocenters. The summed E-state index contributed by atoms with van der Waals surface area (Å²) in [7, 11) is 0. The minimum absolute atomic E-state index is 0.151. The molecule has 2 rings (SSSR count). The van der Waals surface area contributed by atoms with Crippen molar-refractivity contribution in [3.63, 3.8) is 0 Å². The zero-order valence-electron chi connectivity index (χ0n) is 11.0. The summed E-state index contributed by atoms with van der Waals surface area (Å²) in [5, 5.41) is 9.02. The molecule has 1 aliphatic rings. The van der Waals surface area contributed by atoms with Crippen LogP contribution in [0.3, 0.4) is 0 Å². The Balaban J connectivity index is 1.97. The van der Waals surface area contributed by atoms with Crippen LogP contribution in [-0.4, -0.2) is 33.6 Å². The lowest BCUT2D eigenvalue weighted by Gasteiger charge is -2.51. The van der Waals surface area contributed by atoms with Gasteiger partial charge in [-0.1, -0.05) is 30.3 Å². The van der Waals surface area contributed by atoms with Crippen LogP contribution in [0.15, 0.2) is 30.3 Å². The summed E-state index contributed by atoms with van der Waals surface area (Å²) in [6, 6.07) is 8.52. The van der Waals surface area contributed by atoms with Crippen LogP contribution in [0.5, 0.6) is 0 Å². The number of ether oxygens (including phenoxy) is 1. The normalized spacial score (nSPS) is 20.5. The van der Waals surface area contributed by atoms with E-state index in [4.69, 9.17) is 9.84 Å². The molecular formula is C14H17NO4. The molecule has 0 aromatic heterocycles. The van der Waals surface area contributed by atoms with Crippen LogP contribution in [0.4, 0.5) is 4.79 Å². The number of carboxylic acids is 1. The number of nitrogens with zero attached hydrogens (tertiary/aromatic N) is 1. The van der Waals surface area contributed by atoms with Gasteiger partial charge in [0.25, 0.3) is 0 Å². The van der Waals surface area contributed by atoms with E-state index in [0.717, 1.165) is 5.56 Å². The average Bonchev–Trinajstić information content (AvgIpc) is 2.35. The van der Waals surface area contributed by atoms with E-state index in [0.29, 0.717) is 6.42 Å². The Hall–Kier alpha value is -2.04. The molecule has 0 radical (unpaired) electrons. The van der Waals surface area contributed by atoms with Gasteiger partial charge in [0.15, 0.2) is 0 Å². The van der Waals surface area contributed by atoms with Gasteiger partial charge in [-0.25, -0.2) is 9.59 Å².